The second-order valence-electron chi connectivity index (χ2n) is 2.98. The minimum atomic E-state index is 0.00506. The third-order valence-corrected chi connectivity index (χ3v) is 4.35. The van der Waals surface area contributed by atoms with Crippen molar-refractivity contribution in [3.8, 4) is 6.07 Å². The minimum absolute atomic E-state index is 0.00506. The average molecular weight is 235 g/mol. The molecule has 0 bridgehead atoms. The van der Waals surface area contributed by atoms with Gasteiger partial charge in [-0.05, 0) is 17.4 Å². The van der Waals surface area contributed by atoms with E-state index >= 15 is 0 Å². The molecule has 1 atom stereocenters. The largest absolute Gasteiger partial charge is 0.196 e. The van der Waals surface area contributed by atoms with Crippen LogP contribution >= 0.6 is 23.5 Å². The molecular formula is C12H13NS2. The number of hydrogen-bond acceptors (Lipinski definition) is 3. The molecule has 1 unspecified atom stereocenters. The molecule has 1 aromatic carbocycles. The van der Waals surface area contributed by atoms with Crippen molar-refractivity contribution >= 4 is 29.1 Å². The van der Waals surface area contributed by atoms with Gasteiger partial charge in [0.15, 0.2) is 0 Å². The molecule has 0 amide bonds. The molecule has 3 heteroatoms. The monoisotopic (exact) mass is 235 g/mol. The molecule has 0 saturated carbocycles. The summed E-state index contributed by atoms with van der Waals surface area (Å²) in [6, 6.07) is 12.3. The summed E-state index contributed by atoms with van der Waals surface area (Å²) in [5.41, 5.74) is 2.23. The lowest BCUT2D eigenvalue weighted by Crippen LogP contribution is -1.94. The van der Waals surface area contributed by atoms with E-state index in [4.69, 9.17) is 5.26 Å². The Labute approximate surface area is 99.6 Å². The highest BCUT2D eigenvalue weighted by atomic mass is 32.2. The molecule has 0 radical (unpaired) electrons. The third-order valence-electron chi connectivity index (χ3n) is 1.91. The number of rotatable bonds is 5. The van der Waals surface area contributed by atoms with E-state index in [-0.39, 0.29) is 4.58 Å². The molecule has 15 heavy (non-hydrogen) atoms. The van der Waals surface area contributed by atoms with Gasteiger partial charge in [0.1, 0.15) is 4.58 Å². The topological polar surface area (TPSA) is 23.8 Å². The van der Waals surface area contributed by atoms with Gasteiger partial charge in [0.2, 0.25) is 0 Å². The van der Waals surface area contributed by atoms with Crippen molar-refractivity contribution < 1.29 is 0 Å². The molecule has 0 aromatic heterocycles. The maximum Gasteiger partial charge on any atom is 0.137 e. The van der Waals surface area contributed by atoms with Crippen LogP contribution in [0.15, 0.2) is 36.9 Å². The summed E-state index contributed by atoms with van der Waals surface area (Å²) in [5, 5.41) is 8.79. The Balaban J connectivity index is 2.48. The van der Waals surface area contributed by atoms with Gasteiger partial charge in [0.25, 0.3) is 0 Å². The molecule has 0 aliphatic heterocycles. The van der Waals surface area contributed by atoms with E-state index in [1.807, 2.05) is 36.6 Å². The van der Waals surface area contributed by atoms with Crippen molar-refractivity contribution in [2.75, 3.05) is 12.0 Å². The average Bonchev–Trinajstić information content (AvgIpc) is 2.31. The van der Waals surface area contributed by atoms with Crippen LogP contribution in [-0.4, -0.2) is 16.6 Å². The SMILES string of the molecule is C=C(CSC(C#N)SC)c1ccccc1. The van der Waals surface area contributed by atoms with Crippen LogP contribution < -0.4 is 0 Å². The Morgan fingerprint density at radius 1 is 1.47 bits per heavy atom. The molecular weight excluding hydrogens is 222 g/mol. The first kappa shape index (κ1) is 12.2. The summed E-state index contributed by atoms with van der Waals surface area (Å²) in [7, 11) is 0. The Bertz CT molecular complexity index is 354. The third kappa shape index (κ3) is 4.03. The van der Waals surface area contributed by atoms with Gasteiger partial charge < -0.3 is 0 Å². The zero-order chi connectivity index (χ0) is 11.1. The van der Waals surface area contributed by atoms with Crippen molar-refractivity contribution in [2.24, 2.45) is 0 Å². The fourth-order valence-electron chi connectivity index (χ4n) is 1.09. The van der Waals surface area contributed by atoms with Crippen molar-refractivity contribution in [1.29, 1.82) is 5.26 Å². The minimum Gasteiger partial charge on any atom is -0.196 e. The van der Waals surface area contributed by atoms with Crippen molar-refractivity contribution in [3.05, 3.63) is 42.5 Å². The highest BCUT2D eigenvalue weighted by Gasteiger charge is 2.06. The van der Waals surface area contributed by atoms with E-state index in [0.717, 1.165) is 16.9 Å². The first-order valence-electron chi connectivity index (χ1n) is 4.55. The summed E-state index contributed by atoms with van der Waals surface area (Å²) in [4.78, 5) is 0. The van der Waals surface area contributed by atoms with Gasteiger partial charge in [-0.25, -0.2) is 0 Å². The molecule has 0 saturated heterocycles. The van der Waals surface area contributed by atoms with Gasteiger partial charge in [0.05, 0.1) is 6.07 Å². The number of thioether (sulfide) groups is 2. The van der Waals surface area contributed by atoms with Crippen molar-refractivity contribution in [3.63, 3.8) is 0 Å². The van der Waals surface area contributed by atoms with Crippen LogP contribution in [0.1, 0.15) is 5.56 Å². The molecule has 0 aliphatic carbocycles. The first-order chi connectivity index (χ1) is 7.27. The molecule has 0 N–H and O–H groups in total. The Morgan fingerprint density at radius 3 is 2.67 bits per heavy atom. The first-order valence-corrected chi connectivity index (χ1v) is 6.89. The van der Waals surface area contributed by atoms with Crippen LogP contribution in [0.25, 0.3) is 5.57 Å². The fraction of sp³-hybridized carbons (Fsp3) is 0.250. The zero-order valence-corrected chi connectivity index (χ0v) is 10.3. The van der Waals surface area contributed by atoms with Crippen molar-refractivity contribution in [1.82, 2.24) is 0 Å². The summed E-state index contributed by atoms with van der Waals surface area (Å²) in [6.45, 7) is 4.03. The molecule has 1 nitrogen and oxygen atoms in total. The number of benzene rings is 1. The van der Waals surface area contributed by atoms with E-state index in [2.05, 4.69) is 12.6 Å². The molecule has 0 spiro atoms. The fourth-order valence-corrected chi connectivity index (χ4v) is 2.54. The smallest absolute Gasteiger partial charge is 0.137 e. The normalized spacial score (nSPS) is 11.7. The lowest BCUT2D eigenvalue weighted by molar-refractivity contribution is 1.46. The van der Waals surface area contributed by atoms with E-state index in [9.17, 15) is 0 Å². The number of nitriles is 1. The van der Waals surface area contributed by atoms with Crippen LogP contribution in [0.4, 0.5) is 0 Å². The molecule has 1 rings (SSSR count). The Morgan fingerprint density at radius 2 is 2.13 bits per heavy atom. The van der Waals surface area contributed by atoms with Crippen LogP contribution in [0.3, 0.4) is 0 Å². The lowest BCUT2D eigenvalue weighted by atomic mass is 10.1. The maximum atomic E-state index is 8.79. The summed E-state index contributed by atoms with van der Waals surface area (Å²) >= 11 is 3.19. The van der Waals surface area contributed by atoms with E-state index in [1.165, 1.54) is 0 Å². The van der Waals surface area contributed by atoms with E-state index < -0.39 is 0 Å². The molecule has 78 valence electrons. The van der Waals surface area contributed by atoms with Gasteiger partial charge in [-0.3, -0.25) is 0 Å². The van der Waals surface area contributed by atoms with Gasteiger partial charge in [-0.2, -0.15) is 5.26 Å². The Kier molecular flexibility index (Phi) is 5.38. The van der Waals surface area contributed by atoms with Gasteiger partial charge in [0, 0.05) is 5.75 Å². The lowest BCUT2D eigenvalue weighted by Gasteiger charge is -2.07. The van der Waals surface area contributed by atoms with E-state index in [1.54, 1.807) is 23.5 Å². The summed E-state index contributed by atoms with van der Waals surface area (Å²) < 4.78 is 0.00506. The second kappa shape index (κ2) is 6.60. The Hall–Kier alpha value is -0.850. The van der Waals surface area contributed by atoms with Gasteiger partial charge in [-0.1, -0.05) is 36.9 Å². The van der Waals surface area contributed by atoms with Gasteiger partial charge in [-0.15, -0.1) is 23.5 Å². The molecule has 0 heterocycles. The standard InChI is InChI=1S/C12H13NS2/c1-10(9-15-12(8-13)14-2)11-6-4-3-5-7-11/h3-7,12H,1,9H2,2H3. The summed E-state index contributed by atoms with van der Waals surface area (Å²) in [5.74, 6) is 0.809. The quantitative estimate of drug-likeness (QED) is 0.728. The van der Waals surface area contributed by atoms with E-state index in [0.29, 0.717) is 0 Å². The predicted molar refractivity (Wildman–Crippen MR) is 70.9 cm³/mol. The van der Waals surface area contributed by atoms with Crippen LogP contribution in [-0.2, 0) is 0 Å². The predicted octanol–water partition coefficient (Wildman–Crippen LogP) is 3.65. The second-order valence-corrected chi connectivity index (χ2v) is 5.31. The van der Waals surface area contributed by atoms with Gasteiger partial charge >= 0.3 is 0 Å². The zero-order valence-electron chi connectivity index (χ0n) is 8.64. The highest BCUT2D eigenvalue weighted by Crippen LogP contribution is 2.25. The molecule has 1 aromatic rings. The highest BCUT2D eigenvalue weighted by molar-refractivity contribution is 8.17. The molecule has 0 fully saturated rings. The number of hydrogen-bond donors (Lipinski definition) is 0. The van der Waals surface area contributed by atoms with Crippen LogP contribution in [0.5, 0.6) is 0 Å². The summed E-state index contributed by atoms with van der Waals surface area (Å²) in [6.07, 6.45) is 1.95. The van der Waals surface area contributed by atoms with Crippen LogP contribution in [0, 0.1) is 11.3 Å². The molecule has 0 aliphatic rings. The number of nitrogens with zero attached hydrogens (tertiary/aromatic N) is 1. The van der Waals surface area contributed by atoms with Crippen LogP contribution in [0.2, 0.25) is 0 Å². The van der Waals surface area contributed by atoms with Crippen molar-refractivity contribution in [2.45, 2.75) is 4.58 Å². The maximum absolute atomic E-state index is 8.79.